The Labute approximate surface area is 139 Å². The molecule has 0 saturated carbocycles. The number of hydrogen-bond donors (Lipinski definition) is 0. The molecule has 1 aliphatic heterocycles. The largest absolute Gasteiger partial charge is 0.444 e. The van der Waals surface area contributed by atoms with Crippen molar-refractivity contribution in [1.82, 2.24) is 14.8 Å². The lowest BCUT2D eigenvalue weighted by Crippen LogP contribution is -2.45. The first-order chi connectivity index (χ1) is 10.8. The van der Waals surface area contributed by atoms with E-state index in [2.05, 4.69) is 23.0 Å². The zero-order valence-corrected chi connectivity index (χ0v) is 14.8. The molecule has 2 heterocycles. The van der Waals surface area contributed by atoms with E-state index in [9.17, 15) is 4.79 Å². The average Bonchev–Trinajstić information content (AvgIpc) is 2.46. The van der Waals surface area contributed by atoms with Crippen LogP contribution in [-0.4, -0.2) is 53.2 Å². The van der Waals surface area contributed by atoms with Gasteiger partial charge >= 0.3 is 6.09 Å². The molecule has 5 nitrogen and oxygen atoms in total. The fourth-order valence-electron chi connectivity index (χ4n) is 3.02. The Morgan fingerprint density at radius 1 is 1.48 bits per heavy atom. The third-order valence-corrected chi connectivity index (χ3v) is 3.92. The summed E-state index contributed by atoms with van der Waals surface area (Å²) >= 11 is 0. The van der Waals surface area contributed by atoms with Crippen LogP contribution < -0.4 is 0 Å². The Kier molecular flexibility index (Phi) is 5.99. The van der Waals surface area contributed by atoms with Gasteiger partial charge in [0.25, 0.3) is 0 Å². The zero-order valence-electron chi connectivity index (χ0n) is 14.8. The van der Waals surface area contributed by atoms with Crippen LogP contribution in [-0.2, 0) is 11.3 Å². The molecule has 0 radical (unpaired) electrons. The lowest BCUT2D eigenvalue weighted by molar-refractivity contribution is 0.0148. The van der Waals surface area contributed by atoms with Crippen molar-refractivity contribution in [1.29, 1.82) is 0 Å². The minimum Gasteiger partial charge on any atom is -0.444 e. The predicted octanol–water partition coefficient (Wildman–Crippen LogP) is 3.16. The molecule has 1 fully saturated rings. The summed E-state index contributed by atoms with van der Waals surface area (Å²) in [5.41, 5.74) is 0.788. The van der Waals surface area contributed by atoms with Crippen LogP contribution in [0.3, 0.4) is 0 Å². The number of aromatic nitrogens is 1. The predicted molar refractivity (Wildman–Crippen MR) is 91.1 cm³/mol. The van der Waals surface area contributed by atoms with Gasteiger partial charge in [-0.25, -0.2) is 4.79 Å². The van der Waals surface area contributed by atoms with Crippen LogP contribution in [0.1, 0.15) is 39.2 Å². The molecule has 0 bridgehead atoms. The van der Waals surface area contributed by atoms with Crippen LogP contribution in [0.15, 0.2) is 24.5 Å². The Hall–Kier alpha value is -1.62. The topological polar surface area (TPSA) is 45.7 Å². The quantitative estimate of drug-likeness (QED) is 0.855. The second-order valence-corrected chi connectivity index (χ2v) is 7.49. The summed E-state index contributed by atoms with van der Waals surface area (Å²) in [4.78, 5) is 20.5. The molecular weight excluding hydrogens is 290 g/mol. The maximum Gasteiger partial charge on any atom is 0.410 e. The maximum atomic E-state index is 12.2. The summed E-state index contributed by atoms with van der Waals surface area (Å²) in [6, 6.07) is 4.06. The van der Waals surface area contributed by atoms with Crippen LogP contribution >= 0.6 is 0 Å². The molecule has 1 amide bonds. The van der Waals surface area contributed by atoms with Gasteiger partial charge in [-0.3, -0.25) is 4.98 Å². The van der Waals surface area contributed by atoms with Crippen molar-refractivity contribution < 1.29 is 9.53 Å². The summed E-state index contributed by atoms with van der Waals surface area (Å²) in [6.07, 6.45) is 5.73. The fourth-order valence-corrected chi connectivity index (χ4v) is 3.02. The van der Waals surface area contributed by atoms with Crippen molar-refractivity contribution in [2.75, 3.05) is 26.7 Å². The number of rotatable bonds is 4. The molecule has 5 heteroatoms. The van der Waals surface area contributed by atoms with E-state index in [1.165, 1.54) is 5.56 Å². The number of likely N-dealkylation sites (tertiary alicyclic amines) is 1. The number of ether oxygens (including phenoxy) is 1. The Morgan fingerprint density at radius 2 is 2.26 bits per heavy atom. The standard InChI is InChI=1S/C18H29N3O2/c1-18(2,3)23-17(22)21-10-6-8-16(14-21)13-20(4)12-15-7-5-9-19-11-15/h5,7,9,11,16H,6,8,10,12-14H2,1-4H3. The maximum absolute atomic E-state index is 12.2. The van der Waals surface area contributed by atoms with Crippen molar-refractivity contribution in [3.8, 4) is 0 Å². The van der Waals surface area contributed by atoms with Gasteiger partial charge in [0.15, 0.2) is 0 Å². The molecule has 23 heavy (non-hydrogen) atoms. The SMILES string of the molecule is CN(Cc1cccnc1)CC1CCCN(C(=O)OC(C)(C)C)C1. The summed E-state index contributed by atoms with van der Waals surface area (Å²) in [7, 11) is 2.12. The van der Waals surface area contributed by atoms with Crippen LogP contribution in [0.5, 0.6) is 0 Å². The van der Waals surface area contributed by atoms with E-state index < -0.39 is 5.60 Å². The van der Waals surface area contributed by atoms with Crippen LogP contribution in [0.2, 0.25) is 0 Å². The van der Waals surface area contributed by atoms with Crippen molar-refractivity contribution >= 4 is 6.09 Å². The zero-order chi connectivity index (χ0) is 16.9. The second kappa shape index (κ2) is 7.77. The minimum atomic E-state index is -0.429. The van der Waals surface area contributed by atoms with Crippen LogP contribution in [0.25, 0.3) is 0 Å². The van der Waals surface area contributed by atoms with Crippen molar-refractivity contribution in [2.45, 2.75) is 45.8 Å². The molecule has 1 aliphatic rings. The molecule has 1 aromatic heterocycles. The smallest absolute Gasteiger partial charge is 0.410 e. The molecule has 128 valence electrons. The van der Waals surface area contributed by atoms with E-state index in [1.807, 2.05) is 37.9 Å². The monoisotopic (exact) mass is 319 g/mol. The van der Waals surface area contributed by atoms with Gasteiger partial charge in [0.1, 0.15) is 5.60 Å². The van der Waals surface area contributed by atoms with E-state index in [0.29, 0.717) is 5.92 Å². The first-order valence-electron chi connectivity index (χ1n) is 8.39. The average molecular weight is 319 g/mol. The Bertz CT molecular complexity index is 499. The van der Waals surface area contributed by atoms with Crippen LogP contribution in [0, 0.1) is 5.92 Å². The number of carbonyl (C=O) groups is 1. The van der Waals surface area contributed by atoms with Crippen LogP contribution in [0.4, 0.5) is 4.79 Å². The molecule has 2 rings (SSSR count). The number of hydrogen-bond acceptors (Lipinski definition) is 4. The lowest BCUT2D eigenvalue weighted by Gasteiger charge is -2.35. The number of nitrogens with zero attached hydrogens (tertiary/aromatic N) is 3. The van der Waals surface area contributed by atoms with Gasteiger partial charge in [0.05, 0.1) is 0 Å². The summed E-state index contributed by atoms with van der Waals surface area (Å²) in [5, 5.41) is 0. The van der Waals surface area contributed by atoms with Gasteiger partial charge in [-0.1, -0.05) is 6.07 Å². The third-order valence-electron chi connectivity index (χ3n) is 3.92. The molecule has 1 saturated heterocycles. The first kappa shape index (κ1) is 17.7. The molecule has 0 aliphatic carbocycles. The normalized spacial score (nSPS) is 19.0. The highest BCUT2D eigenvalue weighted by atomic mass is 16.6. The number of amides is 1. The molecule has 1 atom stereocenters. The van der Waals surface area contributed by atoms with Gasteiger partial charge in [-0.05, 0) is 58.2 Å². The van der Waals surface area contributed by atoms with Crippen molar-refractivity contribution in [3.05, 3.63) is 30.1 Å². The number of piperidine rings is 1. The van der Waals surface area contributed by atoms with Crippen molar-refractivity contribution in [3.63, 3.8) is 0 Å². The number of carbonyl (C=O) groups excluding carboxylic acids is 1. The van der Waals surface area contributed by atoms with Crippen molar-refractivity contribution in [2.24, 2.45) is 5.92 Å². The van der Waals surface area contributed by atoms with Gasteiger partial charge in [-0.15, -0.1) is 0 Å². The highest BCUT2D eigenvalue weighted by Crippen LogP contribution is 2.20. The molecular formula is C18H29N3O2. The third kappa shape index (κ3) is 6.18. The van der Waals surface area contributed by atoms with E-state index in [-0.39, 0.29) is 6.09 Å². The molecule has 1 unspecified atom stereocenters. The van der Waals surface area contributed by atoms with Gasteiger partial charge in [0, 0.05) is 38.6 Å². The highest BCUT2D eigenvalue weighted by Gasteiger charge is 2.28. The Balaban J connectivity index is 1.82. The van der Waals surface area contributed by atoms with E-state index in [1.54, 1.807) is 6.20 Å². The summed E-state index contributed by atoms with van der Waals surface area (Å²) in [6.45, 7) is 9.19. The molecule has 0 N–H and O–H groups in total. The molecule has 1 aromatic rings. The second-order valence-electron chi connectivity index (χ2n) is 7.49. The number of pyridine rings is 1. The van der Waals surface area contributed by atoms with Gasteiger partial charge in [-0.2, -0.15) is 0 Å². The van der Waals surface area contributed by atoms with Gasteiger partial charge in [0.2, 0.25) is 0 Å². The first-order valence-corrected chi connectivity index (χ1v) is 8.39. The lowest BCUT2D eigenvalue weighted by atomic mass is 9.97. The van der Waals surface area contributed by atoms with E-state index >= 15 is 0 Å². The summed E-state index contributed by atoms with van der Waals surface area (Å²) in [5.74, 6) is 0.498. The molecule has 0 spiro atoms. The molecule has 0 aromatic carbocycles. The summed E-state index contributed by atoms with van der Waals surface area (Å²) < 4.78 is 5.49. The minimum absolute atomic E-state index is 0.183. The van der Waals surface area contributed by atoms with E-state index in [0.717, 1.165) is 39.0 Å². The Morgan fingerprint density at radius 3 is 2.91 bits per heavy atom. The highest BCUT2D eigenvalue weighted by molar-refractivity contribution is 5.68. The van der Waals surface area contributed by atoms with E-state index in [4.69, 9.17) is 4.74 Å². The fraction of sp³-hybridized carbons (Fsp3) is 0.667. The van der Waals surface area contributed by atoms with Gasteiger partial charge < -0.3 is 14.5 Å².